The molecule has 1 aliphatic carbocycles. The Morgan fingerprint density at radius 2 is 2.12 bits per heavy atom. The van der Waals surface area contributed by atoms with Crippen molar-refractivity contribution >= 4 is 21.6 Å². The molecule has 3 atom stereocenters. The number of carbonyl (C=O) groups is 1. The van der Waals surface area contributed by atoms with Crippen LogP contribution in [0.4, 0.5) is 5.69 Å². The van der Waals surface area contributed by atoms with Gasteiger partial charge in [-0.2, -0.15) is 0 Å². The molecule has 3 N–H and O–H groups in total. The lowest BCUT2D eigenvalue weighted by atomic mass is 10.1. The van der Waals surface area contributed by atoms with Crippen molar-refractivity contribution in [1.82, 2.24) is 4.72 Å². The predicted octanol–water partition coefficient (Wildman–Crippen LogP) is 1.39. The number of rotatable bonds is 4. The molecule has 0 saturated heterocycles. The van der Waals surface area contributed by atoms with E-state index in [-0.39, 0.29) is 28.8 Å². The van der Waals surface area contributed by atoms with Gasteiger partial charge in [-0.3, -0.25) is 4.79 Å². The maximum absolute atomic E-state index is 12.7. The molecule has 24 heavy (non-hydrogen) atoms. The van der Waals surface area contributed by atoms with Crippen LogP contribution in [0.25, 0.3) is 0 Å². The summed E-state index contributed by atoms with van der Waals surface area (Å²) in [6.07, 6.45) is 3.48. The molecule has 1 aromatic rings. The topological polar surface area (TPSA) is 92.5 Å². The van der Waals surface area contributed by atoms with Gasteiger partial charge >= 0.3 is 0 Å². The van der Waals surface area contributed by atoms with Gasteiger partial charge in [0.1, 0.15) is 0 Å². The molecule has 1 aromatic carbocycles. The maximum Gasteiger partial charge on any atom is 0.240 e. The minimum absolute atomic E-state index is 0.0216. The van der Waals surface area contributed by atoms with E-state index in [1.165, 1.54) is 6.92 Å². The molecule has 1 heterocycles. The quantitative estimate of drug-likeness (QED) is 0.857. The molecule has 0 radical (unpaired) electrons. The third kappa shape index (κ3) is 3.08. The lowest BCUT2D eigenvalue weighted by Crippen LogP contribution is -2.39. The Balaban J connectivity index is 1.85. The number of fused-ring (bicyclic) bond motifs is 1. The molecule has 3 unspecified atom stereocenters. The summed E-state index contributed by atoms with van der Waals surface area (Å²) in [5.74, 6) is 0.189. The van der Waals surface area contributed by atoms with Crippen LogP contribution in [0, 0.1) is 5.92 Å². The summed E-state index contributed by atoms with van der Waals surface area (Å²) >= 11 is 0. The predicted molar refractivity (Wildman–Crippen MR) is 93.3 cm³/mol. The van der Waals surface area contributed by atoms with Crippen LogP contribution in [0.2, 0.25) is 0 Å². The molecular weight excluding hydrogens is 326 g/mol. The molecule has 1 fully saturated rings. The second-order valence-electron chi connectivity index (χ2n) is 6.89. The van der Waals surface area contributed by atoms with Crippen LogP contribution in [0.3, 0.4) is 0 Å². The number of carbonyl (C=O) groups excluding carboxylic acids is 1. The first kappa shape index (κ1) is 17.4. The first-order valence-corrected chi connectivity index (χ1v) is 9.97. The summed E-state index contributed by atoms with van der Waals surface area (Å²) in [6.45, 7) is 4.01. The van der Waals surface area contributed by atoms with Gasteiger partial charge in [0.25, 0.3) is 0 Å². The summed E-state index contributed by atoms with van der Waals surface area (Å²) in [7, 11) is -3.57. The molecule has 6 nitrogen and oxygen atoms in total. The molecule has 132 valence electrons. The molecule has 1 aliphatic heterocycles. The third-order valence-electron chi connectivity index (χ3n) is 5.18. The molecule has 7 heteroatoms. The second-order valence-corrected chi connectivity index (χ2v) is 8.60. The van der Waals surface area contributed by atoms with E-state index in [4.69, 9.17) is 5.73 Å². The van der Waals surface area contributed by atoms with Crippen LogP contribution in [-0.4, -0.2) is 33.0 Å². The average Bonchev–Trinajstić information content (AvgIpc) is 3.08. The smallest absolute Gasteiger partial charge is 0.240 e. The van der Waals surface area contributed by atoms with Crippen LogP contribution in [-0.2, 0) is 21.2 Å². The Morgan fingerprint density at radius 1 is 1.38 bits per heavy atom. The van der Waals surface area contributed by atoms with E-state index in [1.54, 1.807) is 23.1 Å². The van der Waals surface area contributed by atoms with Crippen LogP contribution in [0.1, 0.15) is 38.7 Å². The van der Waals surface area contributed by atoms with Crippen LogP contribution >= 0.6 is 0 Å². The number of hydrogen-bond donors (Lipinski definition) is 2. The molecule has 1 saturated carbocycles. The normalized spacial score (nSPS) is 26.6. The minimum atomic E-state index is -3.57. The van der Waals surface area contributed by atoms with Crippen molar-refractivity contribution in [3.63, 3.8) is 0 Å². The van der Waals surface area contributed by atoms with E-state index in [2.05, 4.69) is 4.72 Å². The van der Waals surface area contributed by atoms with E-state index < -0.39 is 10.0 Å². The highest BCUT2D eigenvalue weighted by Crippen LogP contribution is 2.34. The Kier molecular flexibility index (Phi) is 4.68. The van der Waals surface area contributed by atoms with Crippen LogP contribution in [0.5, 0.6) is 0 Å². The lowest BCUT2D eigenvalue weighted by Gasteiger charge is -2.21. The fourth-order valence-corrected chi connectivity index (χ4v) is 5.39. The standard InChI is InChI=1S/C17H25N3O3S/c1-11-8-14-9-15(6-7-17(14)20(11)12(2)21)24(22,23)19-16-5-3-4-13(16)10-18/h6-7,9,11,13,16,19H,3-5,8,10,18H2,1-2H3. The van der Waals surface area contributed by atoms with Crippen LogP contribution < -0.4 is 15.4 Å². The summed E-state index contributed by atoms with van der Waals surface area (Å²) in [6, 6.07) is 5.00. The van der Waals surface area contributed by atoms with E-state index >= 15 is 0 Å². The zero-order chi connectivity index (χ0) is 17.5. The van der Waals surface area contributed by atoms with Crippen molar-refractivity contribution in [1.29, 1.82) is 0 Å². The first-order valence-electron chi connectivity index (χ1n) is 8.48. The number of sulfonamides is 1. The van der Waals surface area contributed by atoms with Gasteiger partial charge in [0, 0.05) is 24.7 Å². The van der Waals surface area contributed by atoms with Gasteiger partial charge in [-0.1, -0.05) is 6.42 Å². The highest BCUT2D eigenvalue weighted by atomic mass is 32.2. The van der Waals surface area contributed by atoms with Crippen molar-refractivity contribution in [2.45, 2.75) is 56.5 Å². The number of benzene rings is 1. The Labute approximate surface area is 143 Å². The Hall–Kier alpha value is -1.44. The van der Waals surface area contributed by atoms with Crippen LogP contribution in [0.15, 0.2) is 23.1 Å². The van der Waals surface area contributed by atoms with E-state index in [1.807, 2.05) is 6.92 Å². The molecule has 1 amide bonds. The average molecular weight is 351 g/mol. The fourth-order valence-electron chi connectivity index (χ4n) is 4.00. The SMILES string of the molecule is CC(=O)N1c2ccc(S(=O)(=O)NC3CCCC3CN)cc2CC1C. The van der Waals surface area contributed by atoms with E-state index in [0.717, 1.165) is 30.5 Å². The largest absolute Gasteiger partial charge is 0.330 e. The lowest BCUT2D eigenvalue weighted by molar-refractivity contribution is -0.116. The van der Waals surface area contributed by atoms with Crippen molar-refractivity contribution in [3.05, 3.63) is 23.8 Å². The minimum Gasteiger partial charge on any atom is -0.330 e. The van der Waals surface area contributed by atoms with E-state index in [0.29, 0.717) is 13.0 Å². The number of hydrogen-bond acceptors (Lipinski definition) is 4. The van der Waals surface area contributed by atoms with Crippen molar-refractivity contribution in [2.24, 2.45) is 11.7 Å². The van der Waals surface area contributed by atoms with Gasteiger partial charge in [0.15, 0.2) is 0 Å². The summed E-state index contributed by atoms with van der Waals surface area (Å²) < 4.78 is 28.2. The Bertz CT molecular complexity index is 747. The molecule has 0 aromatic heterocycles. The number of nitrogens with two attached hydrogens (primary N) is 1. The monoisotopic (exact) mass is 351 g/mol. The molecule has 3 rings (SSSR count). The summed E-state index contributed by atoms with van der Waals surface area (Å²) in [5, 5.41) is 0. The number of amides is 1. The first-order chi connectivity index (χ1) is 11.3. The summed E-state index contributed by atoms with van der Waals surface area (Å²) in [4.78, 5) is 13.8. The van der Waals surface area contributed by atoms with Gasteiger partial charge in [-0.05, 0) is 62.4 Å². The van der Waals surface area contributed by atoms with Crippen molar-refractivity contribution < 1.29 is 13.2 Å². The zero-order valence-electron chi connectivity index (χ0n) is 14.2. The number of nitrogens with zero attached hydrogens (tertiary/aromatic N) is 1. The summed E-state index contributed by atoms with van der Waals surface area (Å²) in [5.41, 5.74) is 7.46. The molecular formula is C17H25N3O3S. The van der Waals surface area contributed by atoms with Gasteiger partial charge in [0.2, 0.25) is 15.9 Å². The highest BCUT2D eigenvalue weighted by Gasteiger charge is 2.33. The zero-order valence-corrected chi connectivity index (χ0v) is 15.0. The second kappa shape index (κ2) is 6.46. The highest BCUT2D eigenvalue weighted by molar-refractivity contribution is 7.89. The molecule has 2 aliphatic rings. The van der Waals surface area contributed by atoms with Crippen molar-refractivity contribution in [3.8, 4) is 0 Å². The van der Waals surface area contributed by atoms with Gasteiger partial charge in [0.05, 0.1) is 4.90 Å². The maximum atomic E-state index is 12.7. The number of nitrogens with one attached hydrogen (secondary N) is 1. The third-order valence-corrected chi connectivity index (χ3v) is 6.67. The Morgan fingerprint density at radius 3 is 2.79 bits per heavy atom. The number of anilines is 1. The molecule has 0 bridgehead atoms. The van der Waals surface area contributed by atoms with E-state index in [9.17, 15) is 13.2 Å². The van der Waals surface area contributed by atoms with Crippen molar-refractivity contribution in [2.75, 3.05) is 11.4 Å². The fraction of sp³-hybridized carbons (Fsp3) is 0.588. The van der Waals surface area contributed by atoms with Gasteiger partial charge in [-0.25, -0.2) is 13.1 Å². The van der Waals surface area contributed by atoms with Gasteiger partial charge in [-0.15, -0.1) is 0 Å². The van der Waals surface area contributed by atoms with Gasteiger partial charge < -0.3 is 10.6 Å². The molecule has 0 spiro atoms.